The van der Waals surface area contributed by atoms with E-state index in [1.165, 1.54) is 106 Å². The Hall–Kier alpha value is -2.16. The van der Waals surface area contributed by atoms with Gasteiger partial charge in [0.1, 0.15) is 0 Å². The third-order valence-corrected chi connectivity index (χ3v) is 26.7. The fourth-order valence-electron chi connectivity index (χ4n) is 7.74. The van der Waals surface area contributed by atoms with E-state index >= 15 is 0 Å². The summed E-state index contributed by atoms with van der Waals surface area (Å²) < 4.78 is 2.35. The summed E-state index contributed by atoms with van der Waals surface area (Å²) >= 11 is 3.22. The molecule has 392 valence electrons. The van der Waals surface area contributed by atoms with Gasteiger partial charge in [-0.05, 0) is 161 Å². The van der Waals surface area contributed by atoms with Gasteiger partial charge in [-0.2, -0.15) is 60.7 Å². The quantitative estimate of drug-likeness (QED) is 0.0241. The molecular weight excluding hydrogens is 1350 g/mol. The molecule has 0 saturated carbocycles. The van der Waals surface area contributed by atoms with Gasteiger partial charge < -0.3 is 12.8 Å². The van der Waals surface area contributed by atoms with E-state index in [0.29, 0.717) is 11.1 Å². The molecular formula is C62H84O2P4Pt2S2+4. The van der Waals surface area contributed by atoms with E-state index < -0.39 is 0 Å². The average Bonchev–Trinajstić information content (AvgIpc) is 4.01. The molecule has 5 aromatic carbocycles. The molecule has 0 fully saturated rings. The summed E-state index contributed by atoms with van der Waals surface area (Å²) in [5, 5.41) is 6.94. The van der Waals surface area contributed by atoms with Gasteiger partial charge >= 0.3 is 42.1 Å². The van der Waals surface area contributed by atoms with Gasteiger partial charge in [0.15, 0.2) is 11.6 Å². The number of allylic oxidation sites excluding steroid dienone is 2. The molecule has 2 aromatic heterocycles. The van der Waals surface area contributed by atoms with Crippen LogP contribution in [0.2, 0.25) is 0 Å². The zero-order chi connectivity index (χ0) is 52.4. The van der Waals surface area contributed by atoms with E-state index in [1.807, 2.05) is 0 Å². The zero-order valence-corrected chi connectivity index (χ0v) is 55.6. The van der Waals surface area contributed by atoms with Crippen LogP contribution in [0.15, 0.2) is 110 Å². The van der Waals surface area contributed by atoms with Gasteiger partial charge in [0.25, 0.3) is 0 Å². The molecule has 0 atom stereocenters. The third kappa shape index (κ3) is 23.4. The van der Waals surface area contributed by atoms with Crippen LogP contribution in [0, 0.1) is 36.8 Å². The number of benzene rings is 5. The summed E-state index contributed by atoms with van der Waals surface area (Å²) in [6.45, 7) is 34.4. The number of carbonyl (C=O) groups excluding carboxylic acids is 2. The molecule has 0 aliphatic rings. The molecule has 0 saturated heterocycles. The molecule has 7 aromatic rings. The first-order valence-corrected chi connectivity index (χ1v) is 35.6. The molecule has 7 rings (SSSR count). The molecule has 0 unspecified atom stereocenters. The first kappa shape index (κ1) is 71.9. The summed E-state index contributed by atoms with van der Waals surface area (Å²) in [4.78, 5) is 23.5. The molecule has 0 aliphatic carbocycles. The second-order valence-electron chi connectivity index (χ2n) is 16.2. The molecule has 0 amide bonds. The number of ketones is 2. The maximum atomic E-state index is 10.9. The van der Waals surface area contributed by atoms with Crippen molar-refractivity contribution in [1.29, 1.82) is 0 Å². The number of hydrogen-bond donors (Lipinski definition) is 0. The molecule has 72 heavy (non-hydrogen) atoms. The Bertz CT molecular complexity index is 2380. The van der Waals surface area contributed by atoms with E-state index in [9.17, 15) is 9.59 Å². The fourth-order valence-corrected chi connectivity index (χ4v) is 15.8. The van der Waals surface area contributed by atoms with Crippen LogP contribution in [-0.2, 0) is 42.1 Å². The van der Waals surface area contributed by atoms with Crippen LogP contribution in [0.3, 0.4) is 0 Å². The van der Waals surface area contributed by atoms with Crippen LogP contribution in [0.25, 0.3) is 41.7 Å². The van der Waals surface area contributed by atoms with Crippen molar-refractivity contribution in [3.63, 3.8) is 0 Å². The van der Waals surface area contributed by atoms with Crippen molar-refractivity contribution in [2.75, 3.05) is 73.9 Å². The zero-order valence-electron chi connectivity index (χ0n) is 45.4. The van der Waals surface area contributed by atoms with Crippen LogP contribution in [0.4, 0.5) is 0 Å². The first-order valence-electron chi connectivity index (χ1n) is 25.5. The van der Waals surface area contributed by atoms with Gasteiger partial charge in [0.2, 0.25) is 0 Å². The van der Waals surface area contributed by atoms with Crippen molar-refractivity contribution in [2.24, 2.45) is 0 Å². The second kappa shape index (κ2) is 43.0. The molecule has 10 heteroatoms. The molecule has 2 nitrogen and oxygen atoms in total. The summed E-state index contributed by atoms with van der Waals surface area (Å²) in [6.07, 6.45) is 35.4. The van der Waals surface area contributed by atoms with Crippen LogP contribution < -0.4 is 0 Å². The molecule has 2 heterocycles. The fraction of sp³-hybridized carbons (Fsp3) is 0.387. The first-order chi connectivity index (χ1) is 33.9. The minimum atomic E-state index is -0.0472. The molecule has 0 radical (unpaired) electrons. The predicted octanol–water partition coefficient (Wildman–Crippen LogP) is 18.5. The van der Waals surface area contributed by atoms with Gasteiger partial charge in [0, 0.05) is 9.40 Å². The van der Waals surface area contributed by atoms with E-state index in [2.05, 4.69) is 157 Å². The van der Waals surface area contributed by atoms with Crippen molar-refractivity contribution < 1.29 is 51.7 Å². The Labute approximate surface area is 480 Å². The van der Waals surface area contributed by atoms with Crippen molar-refractivity contribution in [3.8, 4) is 11.8 Å². The topological polar surface area (TPSA) is 34.1 Å². The van der Waals surface area contributed by atoms with Crippen molar-refractivity contribution in [1.82, 2.24) is 0 Å². The Balaban J connectivity index is 0. The summed E-state index contributed by atoms with van der Waals surface area (Å²) in [5.41, 5.74) is 1.32. The largest absolute Gasteiger partial charge is 2.00 e. The van der Waals surface area contributed by atoms with Crippen molar-refractivity contribution in [2.45, 2.75) is 83.1 Å². The maximum Gasteiger partial charge on any atom is 2.00 e. The summed E-state index contributed by atoms with van der Waals surface area (Å²) in [5.74, 6) is 5.13. The van der Waals surface area contributed by atoms with E-state index in [1.54, 1.807) is 71.2 Å². The Morgan fingerprint density at radius 2 is 0.708 bits per heavy atom. The second-order valence-corrected chi connectivity index (χ2v) is 32.8. The number of thiophene rings is 2. The van der Waals surface area contributed by atoms with Crippen molar-refractivity contribution >= 4 is 108 Å². The standard InChI is InChI=1S/C20H6S2.2C9H7O.4C6H15P.2Pt/c1-3-13-17-11-7-5-10-16-20(11)18(14(4-2)22-16)12-8-6-9-15(21-13)19(12)17;2*1-2-9(10)8-6-4-3-5-7-8;4*1-4-7(5-2)6-3;;/h5-10H;2*2,4-7H,1H2;4*4-6H2,1-3H3;;/q-2;2*-1;;;;;2*+2/p+4. The molecule has 0 spiro atoms. The maximum absolute atomic E-state index is 10.9. The Morgan fingerprint density at radius 1 is 0.458 bits per heavy atom. The predicted molar refractivity (Wildman–Crippen MR) is 335 cm³/mol. The van der Waals surface area contributed by atoms with Gasteiger partial charge in [-0.25, -0.2) is 22.7 Å². The van der Waals surface area contributed by atoms with E-state index in [4.69, 9.17) is 12.8 Å². The van der Waals surface area contributed by atoms with Crippen LogP contribution in [0.5, 0.6) is 0 Å². The SMILES string of the molecule is C=CC(=O)c1cc[c-]cc1.C=CC(=O)c1cc[c-]cc1.CC[PH+](CC)CC.CC[PH+](CC)CC.CC[PH+](CC)CC.CC[PH+](CC)CC.[C-]#Cc1sc2cccc3c4c(C#[C-])sc5cccc(c1c23)c54.[Pt+2].[Pt+2]. The number of fused-ring (bicyclic) bond motifs is 2. The van der Waals surface area contributed by atoms with Gasteiger partial charge in [-0.15, -0.1) is 0 Å². The van der Waals surface area contributed by atoms with Crippen LogP contribution in [0.1, 0.15) is 114 Å². The third-order valence-electron chi connectivity index (χ3n) is 12.6. The van der Waals surface area contributed by atoms with E-state index in [0.717, 1.165) is 31.3 Å². The van der Waals surface area contributed by atoms with Crippen LogP contribution >= 0.6 is 54.4 Å². The summed E-state index contributed by atoms with van der Waals surface area (Å²) in [6, 6.07) is 31.8. The number of hydrogen-bond acceptors (Lipinski definition) is 4. The van der Waals surface area contributed by atoms with Crippen molar-refractivity contribution in [3.05, 3.63) is 156 Å². The number of rotatable bonds is 16. The Kier molecular flexibility index (Phi) is 42.9. The van der Waals surface area contributed by atoms with Gasteiger partial charge in [-0.3, -0.25) is 21.4 Å². The molecule has 0 aliphatic heterocycles. The smallest absolute Gasteiger partial charge is 0.365 e. The normalized spacial score (nSPS) is 9.97. The molecule has 0 bridgehead atoms. The van der Waals surface area contributed by atoms with Gasteiger partial charge in [0.05, 0.1) is 73.9 Å². The van der Waals surface area contributed by atoms with Crippen LogP contribution in [-0.4, -0.2) is 85.5 Å². The average molecular weight is 1440 g/mol. The number of carbonyl (C=O) groups is 2. The van der Waals surface area contributed by atoms with Gasteiger partial charge in [-0.1, -0.05) is 69.1 Å². The van der Waals surface area contributed by atoms with E-state index in [-0.39, 0.29) is 85.4 Å². The minimum absolute atomic E-state index is 0. The minimum Gasteiger partial charge on any atom is -0.365 e. The monoisotopic (exact) mass is 1440 g/mol. The Morgan fingerprint density at radius 3 is 0.903 bits per heavy atom. The summed E-state index contributed by atoms with van der Waals surface area (Å²) in [7, 11) is 0.549. The molecule has 0 N–H and O–H groups in total.